The molecule has 8 heteroatoms. The van der Waals surface area contributed by atoms with Crippen LogP contribution in [0.5, 0.6) is 0 Å². The van der Waals surface area contributed by atoms with E-state index in [9.17, 15) is 26.3 Å². The Balaban J connectivity index is 0. The first-order chi connectivity index (χ1) is 4.15. The SMILES string of the molecule is N.OC(C(F)(F)F)C(F)(F)F. The van der Waals surface area contributed by atoms with Crippen LogP contribution in [0.4, 0.5) is 26.3 Å². The highest BCUT2D eigenvalue weighted by Crippen LogP contribution is 2.32. The number of hydrogen-bond donors (Lipinski definition) is 2. The van der Waals surface area contributed by atoms with Crippen LogP contribution in [0, 0.1) is 0 Å². The van der Waals surface area contributed by atoms with E-state index in [1.54, 1.807) is 0 Å². The van der Waals surface area contributed by atoms with Crippen molar-refractivity contribution < 1.29 is 31.4 Å². The van der Waals surface area contributed by atoms with E-state index in [1.807, 2.05) is 0 Å². The maximum Gasteiger partial charge on any atom is 0.423 e. The lowest BCUT2D eigenvalue weighted by Crippen LogP contribution is -2.41. The van der Waals surface area contributed by atoms with E-state index in [0.29, 0.717) is 0 Å². The van der Waals surface area contributed by atoms with E-state index in [0.717, 1.165) is 0 Å². The number of hydrogen-bond acceptors (Lipinski definition) is 2. The Kier molecular flexibility index (Phi) is 3.89. The highest BCUT2D eigenvalue weighted by atomic mass is 19.4. The summed E-state index contributed by atoms with van der Waals surface area (Å²) in [7, 11) is 0. The van der Waals surface area contributed by atoms with Gasteiger partial charge in [-0.3, -0.25) is 0 Å². The van der Waals surface area contributed by atoms with Crippen molar-refractivity contribution in [2.24, 2.45) is 0 Å². The molecule has 0 bridgehead atoms. The molecule has 0 spiro atoms. The normalized spacial score (nSPS) is 13.1. The van der Waals surface area contributed by atoms with Crippen LogP contribution in [0.1, 0.15) is 0 Å². The third kappa shape index (κ3) is 4.04. The van der Waals surface area contributed by atoms with E-state index >= 15 is 0 Å². The maximum atomic E-state index is 11.0. The third-order valence-corrected chi connectivity index (χ3v) is 0.620. The molecule has 70 valence electrons. The Morgan fingerprint density at radius 2 is 1.00 bits per heavy atom. The van der Waals surface area contributed by atoms with Gasteiger partial charge in [0.05, 0.1) is 0 Å². The monoisotopic (exact) mass is 185 g/mol. The quantitative estimate of drug-likeness (QED) is 0.563. The molecular weight excluding hydrogens is 180 g/mol. The molecule has 0 aromatic heterocycles. The van der Waals surface area contributed by atoms with Gasteiger partial charge in [0.2, 0.25) is 6.10 Å². The Morgan fingerprint density at radius 3 is 1.00 bits per heavy atom. The topological polar surface area (TPSA) is 55.2 Å². The van der Waals surface area contributed by atoms with Crippen LogP contribution in [0.3, 0.4) is 0 Å². The summed E-state index contributed by atoms with van der Waals surface area (Å²) in [5.41, 5.74) is 0. The van der Waals surface area contributed by atoms with Gasteiger partial charge >= 0.3 is 12.4 Å². The Hall–Kier alpha value is -0.500. The van der Waals surface area contributed by atoms with Crippen molar-refractivity contribution in [3.63, 3.8) is 0 Å². The first kappa shape index (κ1) is 13.1. The predicted octanol–water partition coefficient (Wildman–Crippen LogP) is 1.63. The molecule has 0 fully saturated rings. The first-order valence-corrected chi connectivity index (χ1v) is 1.97. The summed E-state index contributed by atoms with van der Waals surface area (Å²) in [4.78, 5) is 0. The van der Waals surface area contributed by atoms with Crippen LogP contribution in [0.2, 0.25) is 0 Å². The van der Waals surface area contributed by atoms with Gasteiger partial charge in [-0.25, -0.2) is 0 Å². The van der Waals surface area contributed by atoms with Gasteiger partial charge in [0.15, 0.2) is 0 Å². The van der Waals surface area contributed by atoms with Crippen LogP contribution in [-0.2, 0) is 0 Å². The van der Waals surface area contributed by atoms with Crippen LogP contribution < -0.4 is 6.15 Å². The second kappa shape index (κ2) is 3.26. The molecule has 0 unspecified atom stereocenters. The second-order valence-electron chi connectivity index (χ2n) is 1.49. The third-order valence-electron chi connectivity index (χ3n) is 0.620. The van der Waals surface area contributed by atoms with Crippen molar-refractivity contribution in [3.8, 4) is 0 Å². The second-order valence-corrected chi connectivity index (χ2v) is 1.49. The number of alkyl halides is 6. The minimum Gasteiger partial charge on any atom is -0.377 e. The van der Waals surface area contributed by atoms with E-state index in [-0.39, 0.29) is 6.15 Å². The van der Waals surface area contributed by atoms with E-state index in [4.69, 9.17) is 5.11 Å². The molecule has 2 nitrogen and oxygen atoms in total. The molecule has 0 saturated carbocycles. The highest BCUT2D eigenvalue weighted by molar-refractivity contribution is 4.72. The summed E-state index contributed by atoms with van der Waals surface area (Å²) >= 11 is 0. The zero-order valence-electron chi connectivity index (χ0n) is 5.00. The predicted molar refractivity (Wildman–Crippen MR) is 23.1 cm³/mol. The molecular formula is C3H5F6NO. The molecule has 0 aliphatic rings. The number of aliphatic hydroxyl groups excluding tert-OH is 1. The van der Waals surface area contributed by atoms with E-state index in [2.05, 4.69) is 0 Å². The van der Waals surface area contributed by atoms with Crippen LogP contribution >= 0.6 is 0 Å². The smallest absolute Gasteiger partial charge is 0.377 e. The summed E-state index contributed by atoms with van der Waals surface area (Å²) in [6, 6.07) is 0. The maximum absolute atomic E-state index is 11.0. The minimum absolute atomic E-state index is 0. The fourth-order valence-electron chi connectivity index (χ4n) is 0.186. The summed E-state index contributed by atoms with van der Waals surface area (Å²) in [6.45, 7) is 0. The lowest BCUT2D eigenvalue weighted by Gasteiger charge is -2.16. The Morgan fingerprint density at radius 1 is 0.818 bits per heavy atom. The molecule has 0 aliphatic heterocycles. The number of rotatable bonds is 0. The number of aliphatic hydroxyl groups is 1. The van der Waals surface area contributed by atoms with Gasteiger partial charge < -0.3 is 11.3 Å². The zero-order valence-corrected chi connectivity index (χ0v) is 5.00. The lowest BCUT2D eigenvalue weighted by molar-refractivity contribution is -0.308. The molecule has 0 heterocycles. The van der Waals surface area contributed by atoms with Crippen molar-refractivity contribution >= 4 is 0 Å². The Labute approximate surface area is 57.4 Å². The van der Waals surface area contributed by atoms with Crippen molar-refractivity contribution in [2.45, 2.75) is 18.5 Å². The molecule has 0 aromatic rings. The van der Waals surface area contributed by atoms with Crippen molar-refractivity contribution in [1.29, 1.82) is 0 Å². The van der Waals surface area contributed by atoms with Crippen molar-refractivity contribution in [3.05, 3.63) is 0 Å². The summed E-state index contributed by atoms with van der Waals surface area (Å²) in [5, 5.41) is 7.47. The Bertz CT molecular complexity index is 102. The van der Waals surface area contributed by atoms with Crippen LogP contribution in [0.25, 0.3) is 0 Å². The number of halogens is 6. The van der Waals surface area contributed by atoms with Crippen molar-refractivity contribution in [2.75, 3.05) is 0 Å². The molecule has 0 aliphatic carbocycles. The summed E-state index contributed by atoms with van der Waals surface area (Å²) < 4.78 is 65.9. The minimum atomic E-state index is -5.63. The van der Waals surface area contributed by atoms with E-state index < -0.39 is 18.5 Å². The zero-order chi connectivity index (χ0) is 8.58. The van der Waals surface area contributed by atoms with Crippen LogP contribution in [-0.4, -0.2) is 23.6 Å². The molecule has 0 aromatic carbocycles. The van der Waals surface area contributed by atoms with Gasteiger partial charge in [-0.15, -0.1) is 0 Å². The van der Waals surface area contributed by atoms with Crippen molar-refractivity contribution in [1.82, 2.24) is 6.15 Å². The van der Waals surface area contributed by atoms with Gasteiger partial charge in [-0.05, 0) is 0 Å². The molecule has 0 atom stereocenters. The molecule has 0 rings (SSSR count). The molecule has 4 N–H and O–H groups in total. The van der Waals surface area contributed by atoms with Crippen LogP contribution in [0.15, 0.2) is 0 Å². The molecule has 0 saturated heterocycles. The first-order valence-electron chi connectivity index (χ1n) is 1.97. The van der Waals surface area contributed by atoms with Gasteiger partial charge in [-0.2, -0.15) is 26.3 Å². The lowest BCUT2D eigenvalue weighted by atomic mass is 10.3. The summed E-state index contributed by atoms with van der Waals surface area (Å²) in [5.74, 6) is 0. The van der Waals surface area contributed by atoms with Gasteiger partial charge in [-0.1, -0.05) is 0 Å². The standard InChI is InChI=1S/C3H2F6O.H3N/c4-2(5,6)1(10)3(7,8)9;/h1,10H;1H3. The molecule has 0 radical (unpaired) electrons. The highest BCUT2D eigenvalue weighted by Gasteiger charge is 2.55. The molecule has 11 heavy (non-hydrogen) atoms. The van der Waals surface area contributed by atoms with Gasteiger partial charge in [0.1, 0.15) is 0 Å². The van der Waals surface area contributed by atoms with E-state index in [1.165, 1.54) is 0 Å². The molecule has 0 amide bonds. The average molecular weight is 185 g/mol. The summed E-state index contributed by atoms with van der Waals surface area (Å²) in [6.07, 6.45) is -15.5. The fraction of sp³-hybridized carbons (Fsp3) is 1.00. The fourth-order valence-corrected chi connectivity index (χ4v) is 0.186. The van der Waals surface area contributed by atoms with Gasteiger partial charge in [0, 0.05) is 0 Å². The largest absolute Gasteiger partial charge is 0.423 e. The van der Waals surface area contributed by atoms with Gasteiger partial charge in [0.25, 0.3) is 0 Å². The average Bonchev–Trinajstić information content (AvgIpc) is 1.59.